The Morgan fingerprint density at radius 3 is 2.87 bits per heavy atom. The Kier molecular flexibility index (Phi) is 4.08. The van der Waals surface area contributed by atoms with Gasteiger partial charge in [0, 0.05) is 0 Å². The summed E-state index contributed by atoms with van der Waals surface area (Å²) in [6.07, 6.45) is 0. The van der Waals surface area contributed by atoms with Crippen molar-refractivity contribution < 1.29 is 14.6 Å². The van der Waals surface area contributed by atoms with Crippen molar-refractivity contribution in [3.05, 3.63) is 34.3 Å². The van der Waals surface area contributed by atoms with Gasteiger partial charge in [0.05, 0.1) is 30.3 Å². The maximum atomic E-state index is 11.3. The minimum atomic E-state index is -0.523. The van der Waals surface area contributed by atoms with Crippen LogP contribution in [0, 0.1) is 0 Å². The first-order valence-corrected chi connectivity index (χ1v) is 4.72. The van der Waals surface area contributed by atoms with Crippen LogP contribution in [0.15, 0.2) is 18.2 Å². The molecule has 0 saturated heterocycles. The Balaban J connectivity index is 3.10. The molecular formula is C10H12ClNO3. The van der Waals surface area contributed by atoms with E-state index < -0.39 is 12.0 Å². The third kappa shape index (κ3) is 2.68. The third-order valence-electron chi connectivity index (χ3n) is 2.02. The Morgan fingerprint density at radius 2 is 2.33 bits per heavy atom. The van der Waals surface area contributed by atoms with E-state index in [1.165, 1.54) is 13.2 Å². The second-order valence-electron chi connectivity index (χ2n) is 3.02. The molecule has 0 radical (unpaired) electrons. The second-order valence-corrected chi connectivity index (χ2v) is 3.43. The van der Waals surface area contributed by atoms with E-state index in [0.29, 0.717) is 10.6 Å². The first-order valence-electron chi connectivity index (χ1n) is 4.34. The first-order chi connectivity index (χ1) is 7.10. The first kappa shape index (κ1) is 12.0. The lowest BCUT2D eigenvalue weighted by Crippen LogP contribution is -2.15. The molecule has 82 valence electrons. The summed E-state index contributed by atoms with van der Waals surface area (Å²) in [5.41, 5.74) is 6.50. The zero-order valence-electron chi connectivity index (χ0n) is 8.24. The van der Waals surface area contributed by atoms with Crippen LogP contribution in [0.3, 0.4) is 0 Å². The van der Waals surface area contributed by atoms with E-state index >= 15 is 0 Å². The number of methoxy groups -OCH3 is 1. The van der Waals surface area contributed by atoms with Gasteiger partial charge in [0.1, 0.15) is 0 Å². The van der Waals surface area contributed by atoms with Crippen molar-refractivity contribution in [1.29, 1.82) is 0 Å². The molecule has 1 aromatic carbocycles. The van der Waals surface area contributed by atoms with Crippen LogP contribution in [0.25, 0.3) is 0 Å². The zero-order chi connectivity index (χ0) is 11.4. The van der Waals surface area contributed by atoms with Crippen LogP contribution in [0.1, 0.15) is 22.0 Å². The van der Waals surface area contributed by atoms with Gasteiger partial charge in [0.2, 0.25) is 0 Å². The van der Waals surface area contributed by atoms with Gasteiger partial charge >= 0.3 is 5.97 Å². The highest BCUT2D eigenvalue weighted by molar-refractivity contribution is 6.33. The van der Waals surface area contributed by atoms with Crippen LogP contribution >= 0.6 is 11.6 Å². The second kappa shape index (κ2) is 5.11. The summed E-state index contributed by atoms with van der Waals surface area (Å²) in [6, 6.07) is 4.22. The van der Waals surface area contributed by atoms with Crippen LogP contribution in [0.2, 0.25) is 5.02 Å². The van der Waals surface area contributed by atoms with Crippen LogP contribution in [-0.2, 0) is 4.74 Å². The van der Waals surface area contributed by atoms with Gasteiger partial charge in [-0.2, -0.15) is 0 Å². The lowest BCUT2D eigenvalue weighted by Gasteiger charge is -2.10. The Morgan fingerprint density at radius 1 is 1.67 bits per heavy atom. The summed E-state index contributed by atoms with van der Waals surface area (Å²) in [4.78, 5) is 11.3. The fraction of sp³-hybridized carbons (Fsp3) is 0.300. The molecule has 1 aromatic rings. The van der Waals surface area contributed by atoms with Crippen LogP contribution < -0.4 is 5.73 Å². The van der Waals surface area contributed by atoms with Crippen molar-refractivity contribution in [3.8, 4) is 0 Å². The number of carbonyl (C=O) groups excluding carboxylic acids is 1. The van der Waals surface area contributed by atoms with E-state index in [1.807, 2.05) is 0 Å². The number of rotatable bonds is 3. The van der Waals surface area contributed by atoms with E-state index in [4.69, 9.17) is 22.4 Å². The summed E-state index contributed by atoms with van der Waals surface area (Å²) in [6.45, 7) is -0.192. The van der Waals surface area contributed by atoms with Gasteiger partial charge in [0.15, 0.2) is 0 Å². The fourth-order valence-corrected chi connectivity index (χ4v) is 1.34. The summed E-state index contributed by atoms with van der Waals surface area (Å²) in [5.74, 6) is -0.521. The van der Waals surface area contributed by atoms with Gasteiger partial charge in [-0.3, -0.25) is 0 Å². The molecule has 0 aliphatic heterocycles. The molecule has 0 aromatic heterocycles. The number of halogens is 1. The highest BCUT2D eigenvalue weighted by Gasteiger charge is 2.13. The Labute approximate surface area is 92.6 Å². The van der Waals surface area contributed by atoms with Crippen LogP contribution in [-0.4, -0.2) is 24.8 Å². The van der Waals surface area contributed by atoms with Gasteiger partial charge in [-0.1, -0.05) is 17.7 Å². The van der Waals surface area contributed by atoms with Crippen molar-refractivity contribution in [3.63, 3.8) is 0 Å². The quantitative estimate of drug-likeness (QED) is 0.762. The Bertz CT molecular complexity index is 368. The van der Waals surface area contributed by atoms with Crippen molar-refractivity contribution in [2.45, 2.75) is 6.04 Å². The predicted molar refractivity (Wildman–Crippen MR) is 56.8 cm³/mol. The number of carbonyl (C=O) groups is 1. The van der Waals surface area contributed by atoms with Gasteiger partial charge in [0.25, 0.3) is 0 Å². The number of esters is 1. The van der Waals surface area contributed by atoms with Crippen LogP contribution in [0.4, 0.5) is 0 Å². The van der Waals surface area contributed by atoms with Crippen molar-refractivity contribution in [1.82, 2.24) is 0 Å². The number of benzene rings is 1. The molecule has 0 heterocycles. The molecule has 0 bridgehead atoms. The minimum Gasteiger partial charge on any atom is -0.465 e. The number of aliphatic hydroxyl groups excluding tert-OH is 1. The molecule has 3 N–H and O–H groups in total. The SMILES string of the molecule is COC(=O)c1cc([C@H](N)CO)ccc1Cl. The third-order valence-corrected chi connectivity index (χ3v) is 2.35. The lowest BCUT2D eigenvalue weighted by atomic mass is 10.1. The summed E-state index contributed by atoms with van der Waals surface area (Å²) >= 11 is 5.81. The molecular weight excluding hydrogens is 218 g/mol. The summed E-state index contributed by atoms with van der Waals surface area (Å²) in [7, 11) is 1.28. The maximum absolute atomic E-state index is 11.3. The molecule has 0 unspecified atom stereocenters. The van der Waals surface area contributed by atoms with Gasteiger partial charge < -0.3 is 15.6 Å². The van der Waals surface area contributed by atoms with Gasteiger partial charge in [-0.05, 0) is 17.7 Å². The summed E-state index contributed by atoms with van der Waals surface area (Å²) < 4.78 is 4.56. The van der Waals surface area contributed by atoms with E-state index in [1.54, 1.807) is 12.1 Å². The smallest absolute Gasteiger partial charge is 0.339 e. The lowest BCUT2D eigenvalue weighted by molar-refractivity contribution is 0.0600. The van der Waals surface area contributed by atoms with Gasteiger partial charge in [-0.25, -0.2) is 4.79 Å². The fourth-order valence-electron chi connectivity index (χ4n) is 1.15. The highest BCUT2D eigenvalue weighted by Crippen LogP contribution is 2.21. The molecule has 0 saturated carbocycles. The largest absolute Gasteiger partial charge is 0.465 e. The molecule has 0 amide bonds. The van der Waals surface area contributed by atoms with E-state index in [-0.39, 0.29) is 12.2 Å². The van der Waals surface area contributed by atoms with E-state index in [9.17, 15) is 4.79 Å². The molecule has 4 nitrogen and oxygen atoms in total. The monoisotopic (exact) mass is 229 g/mol. The van der Waals surface area contributed by atoms with Crippen molar-refractivity contribution >= 4 is 17.6 Å². The molecule has 15 heavy (non-hydrogen) atoms. The predicted octanol–water partition coefficient (Wildman–Crippen LogP) is 1.12. The molecule has 5 heteroatoms. The molecule has 0 aliphatic rings. The standard InChI is InChI=1S/C10H12ClNO3/c1-15-10(14)7-4-6(9(12)5-13)2-3-8(7)11/h2-4,9,13H,5,12H2,1H3/t9-/m1/s1. The number of hydrogen-bond acceptors (Lipinski definition) is 4. The average molecular weight is 230 g/mol. The van der Waals surface area contributed by atoms with E-state index in [0.717, 1.165) is 0 Å². The number of hydrogen-bond donors (Lipinski definition) is 2. The van der Waals surface area contributed by atoms with Gasteiger partial charge in [-0.15, -0.1) is 0 Å². The number of nitrogens with two attached hydrogens (primary N) is 1. The summed E-state index contributed by atoms with van der Waals surface area (Å²) in [5, 5.41) is 9.17. The molecule has 0 aliphatic carbocycles. The number of ether oxygens (including phenoxy) is 1. The number of aliphatic hydroxyl groups is 1. The highest BCUT2D eigenvalue weighted by atomic mass is 35.5. The minimum absolute atomic E-state index is 0.192. The molecule has 0 spiro atoms. The normalized spacial score (nSPS) is 12.3. The molecule has 1 rings (SSSR count). The molecule has 1 atom stereocenters. The zero-order valence-corrected chi connectivity index (χ0v) is 8.99. The van der Waals surface area contributed by atoms with Crippen LogP contribution in [0.5, 0.6) is 0 Å². The topological polar surface area (TPSA) is 72.5 Å². The van der Waals surface area contributed by atoms with Crippen molar-refractivity contribution in [2.24, 2.45) is 5.73 Å². The maximum Gasteiger partial charge on any atom is 0.339 e. The van der Waals surface area contributed by atoms with E-state index in [2.05, 4.69) is 4.74 Å². The Hall–Kier alpha value is -1.10. The molecule has 0 fully saturated rings. The average Bonchev–Trinajstić information content (AvgIpc) is 2.27. The van der Waals surface area contributed by atoms with Crippen molar-refractivity contribution in [2.75, 3.05) is 13.7 Å².